The van der Waals surface area contributed by atoms with Gasteiger partial charge in [-0.05, 0) is 192 Å². The molecule has 7 atom stereocenters. The molecule has 8 bridgehead atoms. The monoisotopic (exact) mass is 993 g/mol. The van der Waals surface area contributed by atoms with Crippen molar-refractivity contribution in [2.45, 2.75) is 140 Å². The van der Waals surface area contributed by atoms with Crippen molar-refractivity contribution in [2.24, 2.45) is 22.7 Å². The molecule has 3 aliphatic rings. The number of hydrogen-bond acceptors (Lipinski definition) is 7. The summed E-state index contributed by atoms with van der Waals surface area (Å²) in [5, 5.41) is 87.9. The first kappa shape index (κ1) is 52.0. The third-order valence-corrected chi connectivity index (χ3v) is 18.5. The Bertz CT molecular complexity index is 3420. The summed E-state index contributed by atoms with van der Waals surface area (Å²) in [6.07, 6.45) is 6.06. The highest BCUT2D eigenvalue weighted by Crippen LogP contribution is 2.61. The molecular weight excluding hydrogens is 917 g/mol. The van der Waals surface area contributed by atoms with E-state index in [1.807, 2.05) is 58.9 Å². The van der Waals surface area contributed by atoms with E-state index in [9.17, 15) is 35.7 Å². The Hall–Kier alpha value is -6.86. The van der Waals surface area contributed by atoms with E-state index in [0.29, 0.717) is 45.4 Å². The standard InChI is InChI=1S/C67H76O7/c1-32-16-38(7)44(19-35(32)4)62-47-24-48(57(70)27-56(47)69)63(45-20-36(5)33(2)17-39(45)8)50-26-53(61(74)29-59(50)72)65(67(15)31-42(11)34(3)18-43(67)12)52-23-46(40(9)22-55(52)68)64(51-25-49(62)58(71)28-60(51)73)54-21-37(6)41(10)30-66(54,13)14/h16-17,19-30,43,54,62-65,68-74H,18,31H2,1-15H3/t43?,54?,62?,63?,64-,65?,67?/m0/s1. The molecule has 0 radical (unpaired) electrons. The third-order valence-electron chi connectivity index (χ3n) is 18.5. The number of aromatic hydroxyl groups is 7. The number of hydrogen-bond donors (Lipinski definition) is 7. The lowest BCUT2D eigenvalue weighted by atomic mass is 9.56. The van der Waals surface area contributed by atoms with Gasteiger partial charge < -0.3 is 35.7 Å². The summed E-state index contributed by atoms with van der Waals surface area (Å²) in [4.78, 5) is 0. The second kappa shape index (κ2) is 18.5. The summed E-state index contributed by atoms with van der Waals surface area (Å²) in [6.45, 7) is 31.7. The Labute approximate surface area is 439 Å². The molecule has 6 unspecified atom stereocenters. The van der Waals surface area contributed by atoms with E-state index in [1.54, 1.807) is 0 Å². The van der Waals surface area contributed by atoms with Crippen LogP contribution in [0.2, 0.25) is 0 Å². The molecule has 9 rings (SSSR count). The van der Waals surface area contributed by atoms with Crippen molar-refractivity contribution in [3.63, 3.8) is 0 Å². The molecule has 0 spiro atoms. The van der Waals surface area contributed by atoms with Crippen LogP contribution in [0.5, 0.6) is 40.2 Å². The van der Waals surface area contributed by atoms with E-state index in [1.165, 1.54) is 29.3 Å². The van der Waals surface area contributed by atoms with Crippen molar-refractivity contribution in [3.05, 3.63) is 202 Å². The Morgan fingerprint density at radius 2 is 0.757 bits per heavy atom. The quantitative estimate of drug-likeness (QED) is 0.0872. The van der Waals surface area contributed by atoms with Crippen LogP contribution in [-0.4, -0.2) is 35.7 Å². The molecule has 6 aromatic carbocycles. The highest BCUT2D eigenvalue weighted by atomic mass is 16.3. The van der Waals surface area contributed by atoms with Crippen molar-refractivity contribution in [1.29, 1.82) is 0 Å². The highest BCUT2D eigenvalue weighted by molar-refractivity contribution is 5.67. The number of phenolic OH excluding ortho intramolecular Hbond substituents is 7. The largest absolute Gasteiger partial charge is 0.508 e. The van der Waals surface area contributed by atoms with Crippen molar-refractivity contribution in [3.8, 4) is 40.2 Å². The van der Waals surface area contributed by atoms with E-state index in [4.69, 9.17) is 0 Å². The van der Waals surface area contributed by atoms with Crippen LogP contribution in [0.4, 0.5) is 0 Å². The lowest BCUT2D eigenvalue weighted by Crippen LogP contribution is -2.37. The average Bonchev–Trinajstić information content (AvgIpc) is 3.30. The second-order valence-electron chi connectivity index (χ2n) is 23.9. The maximum Gasteiger partial charge on any atom is 0.123 e. The highest BCUT2D eigenvalue weighted by Gasteiger charge is 2.47. The van der Waals surface area contributed by atoms with Gasteiger partial charge in [-0.15, -0.1) is 0 Å². The van der Waals surface area contributed by atoms with Crippen LogP contribution in [-0.2, 0) is 0 Å². The van der Waals surface area contributed by atoms with E-state index in [2.05, 4.69) is 112 Å². The minimum absolute atomic E-state index is 0.0605. The molecule has 3 aliphatic carbocycles. The Morgan fingerprint density at radius 3 is 1.24 bits per heavy atom. The van der Waals surface area contributed by atoms with Crippen molar-refractivity contribution in [1.82, 2.24) is 0 Å². The number of phenols is 7. The molecule has 6 aromatic rings. The summed E-state index contributed by atoms with van der Waals surface area (Å²) in [6, 6.07) is 22.1. The Morgan fingerprint density at radius 1 is 0.378 bits per heavy atom. The number of allylic oxidation sites excluding steroid dienone is 6. The van der Waals surface area contributed by atoms with Gasteiger partial charge in [0, 0.05) is 80.8 Å². The molecule has 74 heavy (non-hydrogen) atoms. The normalized spacial score (nSPS) is 23.6. The summed E-state index contributed by atoms with van der Waals surface area (Å²) in [7, 11) is 0. The topological polar surface area (TPSA) is 142 Å². The lowest BCUT2D eigenvalue weighted by molar-refractivity contribution is 0.152. The maximum absolute atomic E-state index is 12.7. The maximum atomic E-state index is 12.7. The molecule has 0 saturated carbocycles. The molecule has 7 nitrogen and oxygen atoms in total. The fourth-order valence-electron chi connectivity index (χ4n) is 13.6. The molecule has 7 heteroatoms. The number of benzene rings is 6. The van der Waals surface area contributed by atoms with Crippen LogP contribution in [0, 0.1) is 71.1 Å². The summed E-state index contributed by atoms with van der Waals surface area (Å²) >= 11 is 0. The van der Waals surface area contributed by atoms with Crippen LogP contribution in [0.25, 0.3) is 0 Å². The van der Waals surface area contributed by atoms with Gasteiger partial charge in [-0.2, -0.15) is 0 Å². The zero-order valence-electron chi connectivity index (χ0n) is 46.1. The van der Waals surface area contributed by atoms with E-state index in [-0.39, 0.29) is 52.1 Å². The van der Waals surface area contributed by atoms with Gasteiger partial charge in [-0.25, -0.2) is 0 Å². The van der Waals surface area contributed by atoms with Gasteiger partial charge in [0.25, 0.3) is 0 Å². The minimum atomic E-state index is -0.862. The van der Waals surface area contributed by atoms with Gasteiger partial charge in [0.05, 0.1) is 0 Å². The van der Waals surface area contributed by atoms with Gasteiger partial charge in [0.2, 0.25) is 0 Å². The van der Waals surface area contributed by atoms with Crippen LogP contribution in [0.15, 0.2) is 107 Å². The van der Waals surface area contributed by atoms with Gasteiger partial charge in [-0.1, -0.05) is 92.5 Å². The fourth-order valence-corrected chi connectivity index (χ4v) is 13.6. The van der Waals surface area contributed by atoms with Gasteiger partial charge in [0.15, 0.2) is 0 Å². The van der Waals surface area contributed by atoms with Crippen molar-refractivity contribution >= 4 is 0 Å². The average molecular weight is 993 g/mol. The molecule has 7 N–H and O–H groups in total. The van der Waals surface area contributed by atoms with Crippen LogP contribution >= 0.6 is 0 Å². The van der Waals surface area contributed by atoms with E-state index >= 15 is 0 Å². The number of aryl methyl sites for hydroxylation is 7. The smallest absolute Gasteiger partial charge is 0.123 e. The summed E-state index contributed by atoms with van der Waals surface area (Å²) in [5.41, 5.74) is 16.4. The van der Waals surface area contributed by atoms with Crippen molar-refractivity contribution in [2.75, 3.05) is 0 Å². The molecule has 0 heterocycles. The SMILES string of the molecule is CC1=CC([C@H]2c3cc(c(O)cc3C)C(C3(C)CC(C)=C(C)CC3C)c3cc(c(O)cc3O)C(c3cc(C)c(C)cc3C)c3cc(c(O)cc3O)C(c3cc(C)c(C)cc3C)c3cc2c(O)cc3O)C(C)(C)C=C1C. The molecule has 0 aliphatic heterocycles. The van der Waals surface area contributed by atoms with Crippen LogP contribution < -0.4 is 0 Å². The van der Waals surface area contributed by atoms with Crippen LogP contribution in [0.1, 0.15) is 186 Å². The predicted molar refractivity (Wildman–Crippen MR) is 299 cm³/mol. The molecule has 0 fully saturated rings. The number of rotatable bonds is 4. The van der Waals surface area contributed by atoms with Crippen molar-refractivity contribution < 1.29 is 35.7 Å². The third kappa shape index (κ3) is 8.54. The number of fused-ring (bicyclic) bond motifs is 8. The molecular formula is C67H76O7. The first-order valence-electron chi connectivity index (χ1n) is 26.3. The van der Waals surface area contributed by atoms with Crippen LogP contribution in [0.3, 0.4) is 0 Å². The Balaban J connectivity index is 1.52. The first-order valence-corrected chi connectivity index (χ1v) is 26.3. The molecule has 0 saturated heterocycles. The predicted octanol–water partition coefficient (Wildman–Crippen LogP) is 16.0. The van der Waals surface area contributed by atoms with Gasteiger partial charge >= 0.3 is 0 Å². The summed E-state index contributed by atoms with van der Waals surface area (Å²) in [5.74, 6) is -4.05. The molecule has 0 aromatic heterocycles. The Kier molecular flexibility index (Phi) is 13.0. The van der Waals surface area contributed by atoms with Gasteiger partial charge in [-0.3, -0.25) is 0 Å². The van der Waals surface area contributed by atoms with Gasteiger partial charge in [0.1, 0.15) is 40.2 Å². The molecule has 0 amide bonds. The molecule has 386 valence electrons. The minimum Gasteiger partial charge on any atom is -0.508 e. The summed E-state index contributed by atoms with van der Waals surface area (Å²) < 4.78 is 0. The zero-order valence-corrected chi connectivity index (χ0v) is 46.1. The first-order chi connectivity index (χ1) is 34.6. The van der Waals surface area contributed by atoms with E-state index < -0.39 is 34.5 Å². The second-order valence-corrected chi connectivity index (χ2v) is 23.9. The zero-order chi connectivity index (χ0) is 53.9. The lowest BCUT2D eigenvalue weighted by Gasteiger charge is -2.47. The van der Waals surface area contributed by atoms with E-state index in [0.717, 1.165) is 73.2 Å². The fraction of sp³-hybridized carbons (Fsp3) is 0.373.